The Balaban J connectivity index is 1.71. The van der Waals surface area contributed by atoms with Gasteiger partial charge in [0.05, 0.1) is 5.01 Å². The number of hydrogen-bond donors (Lipinski definition) is 1. The molecule has 0 aromatic carbocycles. The molecule has 0 spiro atoms. The summed E-state index contributed by atoms with van der Waals surface area (Å²) in [4.78, 5) is 16.5. The van der Waals surface area contributed by atoms with Gasteiger partial charge < -0.3 is 10.2 Å². The number of thiazole rings is 1. The average molecular weight is 291 g/mol. The quantitative estimate of drug-likeness (QED) is 0.942. The number of nitrogens with one attached hydrogen (secondary N) is 1. The van der Waals surface area contributed by atoms with Gasteiger partial charge >= 0.3 is 0 Å². The lowest BCUT2D eigenvalue weighted by Crippen LogP contribution is -2.36. The predicted molar refractivity (Wildman–Crippen MR) is 83.3 cm³/mol. The van der Waals surface area contributed by atoms with Crippen molar-refractivity contribution in [1.29, 1.82) is 0 Å². The first-order chi connectivity index (χ1) is 9.63. The van der Waals surface area contributed by atoms with E-state index in [1.54, 1.807) is 17.7 Å². The van der Waals surface area contributed by atoms with Crippen LogP contribution in [0.5, 0.6) is 0 Å². The molecule has 0 atom stereocenters. The minimum Gasteiger partial charge on any atom is -0.365 e. The van der Waals surface area contributed by atoms with Crippen LogP contribution in [-0.2, 0) is 0 Å². The van der Waals surface area contributed by atoms with Crippen molar-refractivity contribution in [2.45, 2.75) is 44.7 Å². The van der Waals surface area contributed by atoms with E-state index in [0.717, 1.165) is 27.2 Å². The molecule has 2 aromatic heterocycles. The SMILES string of the molecule is Cc1nc2c(N[C@H]3CC[C@H](N(C)C)CC3)ncnc2s1. The van der Waals surface area contributed by atoms with Crippen molar-refractivity contribution in [3.8, 4) is 0 Å². The van der Waals surface area contributed by atoms with Crippen molar-refractivity contribution in [2.24, 2.45) is 0 Å². The number of anilines is 1. The van der Waals surface area contributed by atoms with Crippen molar-refractivity contribution in [2.75, 3.05) is 19.4 Å². The normalized spacial score (nSPS) is 23.4. The van der Waals surface area contributed by atoms with Gasteiger partial charge in [-0.3, -0.25) is 0 Å². The average Bonchev–Trinajstić information content (AvgIpc) is 2.81. The van der Waals surface area contributed by atoms with Crippen LogP contribution >= 0.6 is 11.3 Å². The highest BCUT2D eigenvalue weighted by Crippen LogP contribution is 2.28. The molecule has 108 valence electrons. The maximum Gasteiger partial charge on any atom is 0.157 e. The Labute approximate surface area is 123 Å². The maximum atomic E-state index is 4.54. The van der Waals surface area contributed by atoms with E-state index in [2.05, 4.69) is 39.3 Å². The molecule has 20 heavy (non-hydrogen) atoms. The summed E-state index contributed by atoms with van der Waals surface area (Å²) in [5, 5.41) is 4.61. The van der Waals surface area contributed by atoms with Gasteiger partial charge in [0.25, 0.3) is 0 Å². The molecule has 0 unspecified atom stereocenters. The molecule has 2 heterocycles. The lowest BCUT2D eigenvalue weighted by Gasteiger charge is -2.33. The van der Waals surface area contributed by atoms with Gasteiger partial charge in [-0.25, -0.2) is 15.0 Å². The molecule has 1 saturated carbocycles. The fourth-order valence-corrected chi connectivity index (χ4v) is 3.65. The molecule has 3 rings (SSSR count). The minimum atomic E-state index is 0.506. The molecule has 0 radical (unpaired) electrons. The van der Waals surface area contributed by atoms with Gasteiger partial charge in [-0.15, -0.1) is 0 Å². The minimum absolute atomic E-state index is 0.506. The number of aromatic nitrogens is 3. The second-order valence-corrected chi connectivity index (χ2v) is 6.90. The summed E-state index contributed by atoms with van der Waals surface area (Å²) in [5.74, 6) is 0.896. The summed E-state index contributed by atoms with van der Waals surface area (Å²) >= 11 is 1.62. The van der Waals surface area contributed by atoms with E-state index >= 15 is 0 Å². The highest BCUT2D eigenvalue weighted by atomic mass is 32.1. The van der Waals surface area contributed by atoms with Crippen LogP contribution in [0.15, 0.2) is 6.33 Å². The molecular formula is C14H21N5S. The largest absolute Gasteiger partial charge is 0.365 e. The van der Waals surface area contributed by atoms with Crippen molar-refractivity contribution in [3.63, 3.8) is 0 Å². The van der Waals surface area contributed by atoms with Gasteiger partial charge in [0.1, 0.15) is 16.7 Å². The number of aryl methyl sites for hydroxylation is 1. The second kappa shape index (κ2) is 5.61. The first kappa shape index (κ1) is 13.7. The number of nitrogens with zero attached hydrogens (tertiary/aromatic N) is 4. The molecule has 5 nitrogen and oxygen atoms in total. The summed E-state index contributed by atoms with van der Waals surface area (Å²) in [7, 11) is 4.34. The fourth-order valence-electron chi connectivity index (χ4n) is 2.89. The molecule has 6 heteroatoms. The van der Waals surface area contributed by atoms with E-state index in [4.69, 9.17) is 0 Å². The Kier molecular flexibility index (Phi) is 3.85. The van der Waals surface area contributed by atoms with Crippen LogP contribution in [0, 0.1) is 6.92 Å². The Bertz CT molecular complexity index is 586. The van der Waals surface area contributed by atoms with Crippen LogP contribution in [-0.4, -0.2) is 46.0 Å². The second-order valence-electron chi connectivity index (χ2n) is 5.72. The summed E-state index contributed by atoms with van der Waals surface area (Å²) in [6.45, 7) is 2.01. The third kappa shape index (κ3) is 2.76. The third-order valence-corrected chi connectivity index (χ3v) is 4.95. The van der Waals surface area contributed by atoms with Gasteiger partial charge in [0.2, 0.25) is 0 Å². The van der Waals surface area contributed by atoms with E-state index in [1.165, 1.54) is 25.7 Å². The molecule has 0 aliphatic heterocycles. The first-order valence-electron chi connectivity index (χ1n) is 7.14. The van der Waals surface area contributed by atoms with Crippen LogP contribution in [0.3, 0.4) is 0 Å². The third-order valence-electron chi connectivity index (χ3n) is 4.07. The van der Waals surface area contributed by atoms with Gasteiger partial charge in [0.15, 0.2) is 5.82 Å². The van der Waals surface area contributed by atoms with Crippen LogP contribution in [0.2, 0.25) is 0 Å². The molecule has 1 aliphatic carbocycles. The molecule has 0 amide bonds. The van der Waals surface area contributed by atoms with Gasteiger partial charge in [-0.2, -0.15) is 0 Å². The predicted octanol–water partition coefficient (Wildman–Crippen LogP) is 2.68. The fraction of sp³-hybridized carbons (Fsp3) is 0.643. The maximum absolute atomic E-state index is 4.54. The van der Waals surface area contributed by atoms with Gasteiger partial charge in [-0.05, 0) is 46.7 Å². The zero-order chi connectivity index (χ0) is 14.1. The molecule has 0 saturated heterocycles. The summed E-state index contributed by atoms with van der Waals surface area (Å²) < 4.78 is 0. The Morgan fingerprint density at radius 2 is 1.95 bits per heavy atom. The lowest BCUT2D eigenvalue weighted by molar-refractivity contribution is 0.221. The standard InChI is InChI=1S/C14H21N5S/c1-9-17-12-13(15-8-16-14(12)20-9)18-10-4-6-11(7-5-10)19(2)3/h8,10-11H,4-7H2,1-3H3,(H,15,16,18)/t10-,11-. The lowest BCUT2D eigenvalue weighted by atomic mass is 9.90. The Hall–Kier alpha value is -1.27. The highest BCUT2D eigenvalue weighted by Gasteiger charge is 2.23. The molecular weight excluding hydrogens is 270 g/mol. The molecule has 1 aliphatic rings. The van der Waals surface area contributed by atoms with Crippen LogP contribution in [0.1, 0.15) is 30.7 Å². The molecule has 2 aromatic rings. The Morgan fingerprint density at radius 3 is 2.65 bits per heavy atom. The zero-order valence-corrected chi connectivity index (χ0v) is 13.1. The smallest absolute Gasteiger partial charge is 0.157 e. The van der Waals surface area contributed by atoms with Gasteiger partial charge in [0, 0.05) is 12.1 Å². The van der Waals surface area contributed by atoms with Crippen molar-refractivity contribution in [1.82, 2.24) is 19.9 Å². The van der Waals surface area contributed by atoms with E-state index in [9.17, 15) is 0 Å². The van der Waals surface area contributed by atoms with E-state index < -0.39 is 0 Å². The van der Waals surface area contributed by atoms with E-state index in [0.29, 0.717) is 6.04 Å². The topological polar surface area (TPSA) is 53.9 Å². The summed E-state index contributed by atoms with van der Waals surface area (Å²) in [5.41, 5.74) is 0.921. The van der Waals surface area contributed by atoms with E-state index in [-0.39, 0.29) is 0 Å². The number of rotatable bonds is 3. The zero-order valence-electron chi connectivity index (χ0n) is 12.3. The number of fused-ring (bicyclic) bond motifs is 1. The van der Waals surface area contributed by atoms with Crippen LogP contribution in [0.4, 0.5) is 5.82 Å². The first-order valence-corrected chi connectivity index (χ1v) is 7.96. The van der Waals surface area contributed by atoms with Gasteiger partial charge in [-0.1, -0.05) is 11.3 Å². The van der Waals surface area contributed by atoms with Crippen molar-refractivity contribution in [3.05, 3.63) is 11.3 Å². The van der Waals surface area contributed by atoms with E-state index in [1.807, 2.05) is 6.92 Å². The van der Waals surface area contributed by atoms with Crippen LogP contribution < -0.4 is 5.32 Å². The molecule has 1 fully saturated rings. The Morgan fingerprint density at radius 1 is 1.20 bits per heavy atom. The van der Waals surface area contributed by atoms with Crippen molar-refractivity contribution < 1.29 is 0 Å². The molecule has 0 bridgehead atoms. The number of hydrogen-bond acceptors (Lipinski definition) is 6. The monoisotopic (exact) mass is 291 g/mol. The van der Waals surface area contributed by atoms with Crippen LogP contribution in [0.25, 0.3) is 10.3 Å². The van der Waals surface area contributed by atoms with Crippen molar-refractivity contribution >= 4 is 27.5 Å². The summed E-state index contributed by atoms with van der Waals surface area (Å²) in [6.07, 6.45) is 6.51. The molecule has 1 N–H and O–H groups in total. The highest BCUT2D eigenvalue weighted by molar-refractivity contribution is 7.18. The summed E-state index contributed by atoms with van der Waals surface area (Å²) in [6, 6.07) is 1.23.